The van der Waals surface area contributed by atoms with Gasteiger partial charge in [-0.15, -0.1) is 11.3 Å². The third-order valence-electron chi connectivity index (χ3n) is 6.48. The van der Waals surface area contributed by atoms with Crippen LogP contribution in [0.1, 0.15) is 23.0 Å². The SMILES string of the molecule is [CH2]Cc1ccc(-c2cc(Cl)c3cn(C(C(=O)Nc4nccs4)c4ncn5c4C[C@@H](F)C5)nc3c2Cl)cc1. The molecule has 1 aliphatic rings. The fourth-order valence-electron chi connectivity index (χ4n) is 4.66. The molecule has 2 atom stereocenters. The van der Waals surface area contributed by atoms with Gasteiger partial charge in [0.2, 0.25) is 0 Å². The minimum Gasteiger partial charge on any atom is -0.331 e. The first-order valence-electron chi connectivity index (χ1n) is 11.6. The van der Waals surface area contributed by atoms with E-state index in [0.717, 1.165) is 16.7 Å². The van der Waals surface area contributed by atoms with Gasteiger partial charge in [0.1, 0.15) is 11.7 Å². The number of alkyl halides is 1. The smallest absolute Gasteiger partial charge is 0.257 e. The summed E-state index contributed by atoms with van der Waals surface area (Å²) in [4.78, 5) is 22.2. The van der Waals surface area contributed by atoms with Gasteiger partial charge < -0.3 is 4.57 Å². The molecule has 6 rings (SSSR count). The van der Waals surface area contributed by atoms with Gasteiger partial charge in [0.15, 0.2) is 11.2 Å². The van der Waals surface area contributed by atoms with Gasteiger partial charge in [-0.1, -0.05) is 47.5 Å². The van der Waals surface area contributed by atoms with Crippen molar-refractivity contribution in [2.75, 3.05) is 5.32 Å². The number of aromatic nitrogens is 5. The van der Waals surface area contributed by atoms with Gasteiger partial charge in [0.05, 0.1) is 28.6 Å². The Morgan fingerprint density at radius 1 is 1.27 bits per heavy atom. The van der Waals surface area contributed by atoms with Crippen molar-refractivity contribution in [2.24, 2.45) is 0 Å². The van der Waals surface area contributed by atoms with E-state index in [1.54, 1.807) is 34.7 Å². The fourth-order valence-corrected chi connectivity index (χ4v) is 5.75. The lowest BCUT2D eigenvalue weighted by Crippen LogP contribution is -2.28. The molecule has 37 heavy (non-hydrogen) atoms. The van der Waals surface area contributed by atoms with E-state index in [-0.39, 0.29) is 13.0 Å². The highest BCUT2D eigenvalue weighted by atomic mass is 35.5. The molecule has 1 unspecified atom stereocenters. The molecule has 5 aromatic rings. The Hall–Kier alpha value is -3.27. The average molecular weight is 554 g/mol. The van der Waals surface area contributed by atoms with Gasteiger partial charge in [-0.2, -0.15) is 5.10 Å². The molecular weight excluding hydrogens is 534 g/mol. The van der Waals surface area contributed by atoms with E-state index in [1.165, 1.54) is 16.0 Å². The fraction of sp³-hybridized carbons (Fsp3) is 0.192. The molecule has 187 valence electrons. The minimum atomic E-state index is -1.03. The van der Waals surface area contributed by atoms with E-state index in [0.29, 0.717) is 43.9 Å². The summed E-state index contributed by atoms with van der Waals surface area (Å²) in [6.45, 7) is 4.12. The van der Waals surface area contributed by atoms with E-state index in [1.807, 2.05) is 24.3 Å². The number of thiazole rings is 1. The number of hydrogen-bond donors (Lipinski definition) is 1. The number of nitrogens with zero attached hydrogens (tertiary/aromatic N) is 5. The normalized spacial score (nSPS) is 15.7. The van der Waals surface area contributed by atoms with Crippen molar-refractivity contribution >= 4 is 56.5 Å². The number of benzene rings is 2. The van der Waals surface area contributed by atoms with E-state index in [4.69, 9.17) is 28.3 Å². The van der Waals surface area contributed by atoms with Crippen LogP contribution < -0.4 is 5.32 Å². The molecular formula is C26H20Cl2FN6OS. The maximum Gasteiger partial charge on any atom is 0.257 e. The second-order valence-corrected chi connectivity index (χ2v) is 10.5. The standard InChI is InChI=1S/C26H20Cl2FN6OS/c1-2-14-3-5-15(6-4-14)17-10-19(27)18-12-35(33-22(18)21(17)28)24(25(36)32-26-30-7-8-37-26)23-20-9-16(29)11-34(20)13-31-23/h3-8,10,12-13,16,24H,1-2,9,11H2,(H,30,32,36)/t16-,24?/m1/s1. The molecule has 0 aliphatic carbocycles. The molecule has 3 aromatic heterocycles. The average Bonchev–Trinajstić information content (AvgIpc) is 3.68. The molecule has 1 radical (unpaired) electrons. The van der Waals surface area contributed by atoms with Gasteiger partial charge in [0, 0.05) is 40.8 Å². The summed E-state index contributed by atoms with van der Waals surface area (Å²) in [5.74, 6) is -0.400. The van der Waals surface area contributed by atoms with Crippen molar-refractivity contribution in [2.45, 2.75) is 31.6 Å². The Morgan fingerprint density at radius 2 is 2.08 bits per heavy atom. The highest BCUT2D eigenvalue weighted by molar-refractivity contribution is 7.13. The van der Waals surface area contributed by atoms with Crippen molar-refractivity contribution in [3.05, 3.63) is 88.4 Å². The van der Waals surface area contributed by atoms with Crippen LogP contribution in [0.2, 0.25) is 10.0 Å². The molecule has 0 saturated heterocycles. The quantitative estimate of drug-likeness (QED) is 0.273. The summed E-state index contributed by atoms with van der Waals surface area (Å²) in [5.41, 5.74) is 4.27. The Morgan fingerprint density at radius 3 is 2.81 bits per heavy atom. The topological polar surface area (TPSA) is 77.6 Å². The number of anilines is 1. The van der Waals surface area contributed by atoms with Gasteiger partial charge in [-0.25, -0.2) is 14.4 Å². The molecule has 0 saturated carbocycles. The summed E-state index contributed by atoms with van der Waals surface area (Å²) < 4.78 is 17.4. The van der Waals surface area contributed by atoms with Crippen LogP contribution in [0.5, 0.6) is 0 Å². The van der Waals surface area contributed by atoms with Crippen LogP contribution in [-0.4, -0.2) is 36.4 Å². The monoisotopic (exact) mass is 553 g/mol. The second-order valence-electron chi connectivity index (χ2n) is 8.80. The first-order chi connectivity index (χ1) is 17.9. The first kappa shape index (κ1) is 24.1. The minimum absolute atomic E-state index is 0.173. The number of carbonyl (C=O) groups is 1. The zero-order valence-corrected chi connectivity index (χ0v) is 21.7. The summed E-state index contributed by atoms with van der Waals surface area (Å²) in [7, 11) is 0. The number of halogens is 3. The van der Waals surface area contributed by atoms with Crippen molar-refractivity contribution in [1.29, 1.82) is 0 Å². The summed E-state index contributed by atoms with van der Waals surface area (Å²) >= 11 is 14.8. The van der Waals surface area contributed by atoms with Crippen LogP contribution >= 0.6 is 34.5 Å². The number of amides is 1. The number of fused-ring (bicyclic) bond motifs is 2. The van der Waals surface area contributed by atoms with E-state index < -0.39 is 18.1 Å². The third-order valence-corrected chi connectivity index (χ3v) is 7.86. The van der Waals surface area contributed by atoms with E-state index in [9.17, 15) is 9.18 Å². The Labute approximate surface area is 225 Å². The first-order valence-corrected chi connectivity index (χ1v) is 13.2. The Bertz CT molecular complexity index is 1610. The summed E-state index contributed by atoms with van der Waals surface area (Å²) in [6.07, 6.45) is 4.67. The predicted molar refractivity (Wildman–Crippen MR) is 144 cm³/mol. The second kappa shape index (κ2) is 9.55. The highest BCUT2D eigenvalue weighted by Crippen LogP contribution is 2.39. The van der Waals surface area contributed by atoms with E-state index >= 15 is 0 Å². The molecule has 1 N–H and O–H groups in total. The maximum atomic E-state index is 14.2. The van der Waals surface area contributed by atoms with Gasteiger partial charge >= 0.3 is 0 Å². The van der Waals surface area contributed by atoms with Crippen molar-refractivity contribution < 1.29 is 9.18 Å². The predicted octanol–water partition coefficient (Wildman–Crippen LogP) is 6.16. The number of rotatable bonds is 6. The van der Waals surface area contributed by atoms with Crippen molar-refractivity contribution in [3.63, 3.8) is 0 Å². The molecule has 4 heterocycles. The number of nitrogens with one attached hydrogen (secondary N) is 1. The third kappa shape index (κ3) is 4.31. The lowest BCUT2D eigenvalue weighted by atomic mass is 10.0. The van der Waals surface area contributed by atoms with Gasteiger partial charge in [-0.05, 0) is 30.5 Å². The molecule has 0 bridgehead atoms. The molecule has 0 spiro atoms. The van der Waals surface area contributed by atoms with Gasteiger partial charge in [0.25, 0.3) is 5.91 Å². The van der Waals surface area contributed by atoms with Crippen LogP contribution in [-0.2, 0) is 24.2 Å². The maximum absolute atomic E-state index is 14.2. The number of carbonyl (C=O) groups excluding carboxylic acids is 1. The highest BCUT2D eigenvalue weighted by Gasteiger charge is 2.34. The molecule has 1 amide bonds. The summed E-state index contributed by atoms with van der Waals surface area (Å²) in [5, 5.41) is 11.2. The largest absolute Gasteiger partial charge is 0.331 e. The van der Waals surface area contributed by atoms with Crippen LogP contribution in [0.15, 0.2) is 54.4 Å². The van der Waals surface area contributed by atoms with Crippen molar-refractivity contribution in [3.8, 4) is 11.1 Å². The molecule has 0 fully saturated rings. The van der Waals surface area contributed by atoms with Crippen LogP contribution in [0, 0.1) is 6.92 Å². The van der Waals surface area contributed by atoms with E-state index in [2.05, 4.69) is 22.2 Å². The Kier molecular flexibility index (Phi) is 6.22. The Balaban J connectivity index is 1.47. The molecule has 2 aromatic carbocycles. The van der Waals surface area contributed by atoms with Crippen LogP contribution in [0.4, 0.5) is 9.52 Å². The van der Waals surface area contributed by atoms with Gasteiger partial charge in [-0.3, -0.25) is 14.8 Å². The van der Waals surface area contributed by atoms with Crippen LogP contribution in [0.3, 0.4) is 0 Å². The summed E-state index contributed by atoms with van der Waals surface area (Å²) in [6, 6.07) is 8.73. The number of imidazole rings is 1. The zero-order chi connectivity index (χ0) is 25.7. The molecule has 1 aliphatic heterocycles. The lowest BCUT2D eigenvalue weighted by Gasteiger charge is -2.16. The lowest BCUT2D eigenvalue weighted by molar-refractivity contribution is -0.118. The molecule has 7 nitrogen and oxygen atoms in total. The molecule has 11 heteroatoms. The van der Waals surface area contributed by atoms with Crippen molar-refractivity contribution in [1.82, 2.24) is 24.3 Å². The van der Waals surface area contributed by atoms with Crippen LogP contribution in [0.25, 0.3) is 22.0 Å². The number of hydrogen-bond acceptors (Lipinski definition) is 5. The zero-order valence-electron chi connectivity index (χ0n) is 19.4.